The molecule has 3 amide bonds. The molecule has 0 saturated carbocycles. The predicted octanol–water partition coefficient (Wildman–Crippen LogP) is 0.947. The molecule has 122 valence electrons. The van der Waals surface area contributed by atoms with Crippen molar-refractivity contribution < 1.29 is 19.5 Å². The minimum Gasteiger partial charge on any atom is -0.480 e. The Morgan fingerprint density at radius 3 is 2.10 bits per heavy atom. The molecule has 0 heterocycles. The predicted molar refractivity (Wildman–Crippen MR) is 79.9 cm³/mol. The van der Waals surface area contributed by atoms with E-state index < -0.39 is 23.5 Å². The number of rotatable bonds is 7. The van der Waals surface area contributed by atoms with Crippen molar-refractivity contribution >= 4 is 17.9 Å². The number of aliphatic carboxylic acids is 1. The molecule has 0 aliphatic heterocycles. The van der Waals surface area contributed by atoms with Gasteiger partial charge in [-0.1, -0.05) is 34.6 Å². The van der Waals surface area contributed by atoms with Gasteiger partial charge in [0.2, 0.25) is 5.91 Å². The van der Waals surface area contributed by atoms with Gasteiger partial charge in [-0.25, -0.2) is 9.59 Å². The van der Waals surface area contributed by atoms with Gasteiger partial charge in [0.25, 0.3) is 0 Å². The number of nitrogens with one attached hydrogen (secondary N) is 3. The molecule has 4 N–H and O–H groups in total. The summed E-state index contributed by atoms with van der Waals surface area (Å²) in [6, 6.07) is -1.58. The lowest BCUT2D eigenvalue weighted by Crippen LogP contribution is -2.52. The third-order valence-corrected chi connectivity index (χ3v) is 2.73. The van der Waals surface area contributed by atoms with Crippen molar-refractivity contribution in [1.82, 2.24) is 16.0 Å². The summed E-state index contributed by atoms with van der Waals surface area (Å²) in [6.45, 7) is 9.92. The van der Waals surface area contributed by atoms with E-state index in [0.29, 0.717) is 12.5 Å². The van der Waals surface area contributed by atoms with Crippen LogP contribution >= 0.6 is 0 Å². The molecule has 0 aliphatic carbocycles. The summed E-state index contributed by atoms with van der Waals surface area (Å²) in [5.74, 6) is -0.866. The molecular weight excluding hydrogens is 274 g/mol. The second-order valence-electron chi connectivity index (χ2n) is 6.49. The van der Waals surface area contributed by atoms with Crippen molar-refractivity contribution in [1.29, 1.82) is 0 Å². The second-order valence-corrected chi connectivity index (χ2v) is 6.49. The number of carbonyl (C=O) groups is 3. The lowest BCUT2D eigenvalue weighted by atomic mass is 9.87. The van der Waals surface area contributed by atoms with E-state index in [1.54, 1.807) is 20.8 Å². The fraction of sp³-hybridized carbons (Fsp3) is 0.786. The van der Waals surface area contributed by atoms with Crippen LogP contribution in [0.2, 0.25) is 0 Å². The van der Waals surface area contributed by atoms with E-state index in [0.717, 1.165) is 0 Å². The van der Waals surface area contributed by atoms with Crippen LogP contribution in [-0.2, 0) is 9.59 Å². The SMILES string of the molecule is CC(C)CNC(=O)CCNC(=O)N[C@H](C(=O)O)C(C)(C)C. The third-order valence-electron chi connectivity index (χ3n) is 2.73. The first kappa shape index (κ1) is 19.2. The molecular formula is C14H27N3O4. The number of urea groups is 1. The molecule has 21 heavy (non-hydrogen) atoms. The zero-order chi connectivity index (χ0) is 16.6. The fourth-order valence-corrected chi connectivity index (χ4v) is 1.53. The van der Waals surface area contributed by atoms with Crippen LogP contribution in [0.3, 0.4) is 0 Å². The lowest BCUT2D eigenvalue weighted by molar-refractivity contribution is -0.141. The van der Waals surface area contributed by atoms with Gasteiger partial charge in [-0.05, 0) is 11.3 Å². The van der Waals surface area contributed by atoms with Crippen LogP contribution in [0.15, 0.2) is 0 Å². The van der Waals surface area contributed by atoms with Crippen LogP contribution in [-0.4, -0.2) is 42.1 Å². The molecule has 0 aliphatic rings. The molecule has 0 aromatic carbocycles. The zero-order valence-electron chi connectivity index (χ0n) is 13.4. The number of hydrogen-bond acceptors (Lipinski definition) is 3. The van der Waals surface area contributed by atoms with E-state index in [1.165, 1.54) is 0 Å². The Kier molecular flexibility index (Phi) is 7.76. The Hall–Kier alpha value is -1.79. The minimum absolute atomic E-state index is 0.144. The molecule has 7 nitrogen and oxygen atoms in total. The van der Waals surface area contributed by atoms with Crippen molar-refractivity contribution in [3.8, 4) is 0 Å². The molecule has 0 unspecified atom stereocenters. The van der Waals surface area contributed by atoms with Crippen LogP contribution in [0.4, 0.5) is 4.79 Å². The first-order valence-electron chi connectivity index (χ1n) is 7.08. The summed E-state index contributed by atoms with van der Waals surface area (Å²) in [6.07, 6.45) is 0.160. The van der Waals surface area contributed by atoms with Crippen molar-refractivity contribution in [2.45, 2.75) is 47.1 Å². The minimum atomic E-state index is -1.09. The maximum absolute atomic E-state index is 11.6. The van der Waals surface area contributed by atoms with Gasteiger partial charge in [-0.3, -0.25) is 4.79 Å². The number of carboxylic acids is 1. The van der Waals surface area contributed by atoms with E-state index in [1.807, 2.05) is 13.8 Å². The molecule has 7 heteroatoms. The molecule has 0 spiro atoms. The Bertz CT molecular complexity index is 375. The van der Waals surface area contributed by atoms with Gasteiger partial charge >= 0.3 is 12.0 Å². The van der Waals surface area contributed by atoms with Gasteiger partial charge in [0.05, 0.1) is 0 Å². The molecule has 0 rings (SSSR count). The lowest BCUT2D eigenvalue weighted by Gasteiger charge is -2.27. The van der Waals surface area contributed by atoms with E-state index in [2.05, 4.69) is 16.0 Å². The average Bonchev–Trinajstić information content (AvgIpc) is 2.31. The summed E-state index contributed by atoms with van der Waals surface area (Å²) in [5, 5.41) is 16.7. The fourth-order valence-electron chi connectivity index (χ4n) is 1.53. The second kappa shape index (κ2) is 8.49. The van der Waals surface area contributed by atoms with E-state index in [9.17, 15) is 14.4 Å². The standard InChI is InChI=1S/C14H27N3O4/c1-9(2)8-16-10(18)6-7-15-13(21)17-11(12(19)20)14(3,4)5/h9,11H,6-8H2,1-5H3,(H,16,18)(H,19,20)(H2,15,17,21)/t11-/m1/s1. The zero-order valence-corrected chi connectivity index (χ0v) is 13.4. The molecule has 1 atom stereocenters. The summed E-state index contributed by atoms with van der Waals surface area (Å²) in [7, 11) is 0. The Morgan fingerprint density at radius 1 is 1.10 bits per heavy atom. The third kappa shape index (κ3) is 8.88. The molecule has 0 radical (unpaired) electrons. The highest BCUT2D eigenvalue weighted by Gasteiger charge is 2.32. The monoisotopic (exact) mass is 301 g/mol. The smallest absolute Gasteiger partial charge is 0.326 e. The first-order valence-corrected chi connectivity index (χ1v) is 7.08. The number of hydrogen-bond donors (Lipinski definition) is 4. The van der Waals surface area contributed by atoms with Crippen molar-refractivity contribution in [3.63, 3.8) is 0 Å². The summed E-state index contributed by atoms with van der Waals surface area (Å²) in [5.41, 5.74) is -0.599. The first-order chi connectivity index (χ1) is 9.54. The van der Waals surface area contributed by atoms with Gasteiger partial charge < -0.3 is 21.1 Å². The number of carbonyl (C=O) groups excluding carboxylic acids is 2. The highest BCUT2D eigenvalue weighted by molar-refractivity contribution is 5.83. The topological polar surface area (TPSA) is 108 Å². The molecule has 0 bridgehead atoms. The van der Waals surface area contributed by atoms with Crippen molar-refractivity contribution in [2.75, 3.05) is 13.1 Å². The van der Waals surface area contributed by atoms with Crippen LogP contribution in [0.25, 0.3) is 0 Å². The van der Waals surface area contributed by atoms with E-state index in [4.69, 9.17) is 5.11 Å². The molecule has 0 saturated heterocycles. The normalized spacial score (nSPS) is 12.7. The van der Waals surface area contributed by atoms with Gasteiger partial charge in [0.1, 0.15) is 6.04 Å². The van der Waals surface area contributed by atoms with Crippen LogP contribution < -0.4 is 16.0 Å². The van der Waals surface area contributed by atoms with Crippen molar-refractivity contribution in [3.05, 3.63) is 0 Å². The highest BCUT2D eigenvalue weighted by atomic mass is 16.4. The average molecular weight is 301 g/mol. The number of amides is 3. The van der Waals surface area contributed by atoms with Crippen LogP contribution in [0, 0.1) is 11.3 Å². The maximum Gasteiger partial charge on any atom is 0.326 e. The number of carboxylic acid groups (broad SMARTS) is 1. The van der Waals surface area contributed by atoms with E-state index >= 15 is 0 Å². The van der Waals surface area contributed by atoms with Crippen LogP contribution in [0.1, 0.15) is 41.0 Å². The highest BCUT2D eigenvalue weighted by Crippen LogP contribution is 2.19. The van der Waals surface area contributed by atoms with Gasteiger partial charge in [0, 0.05) is 19.5 Å². The van der Waals surface area contributed by atoms with Gasteiger partial charge in [-0.2, -0.15) is 0 Å². The van der Waals surface area contributed by atoms with Gasteiger partial charge in [-0.15, -0.1) is 0 Å². The Labute approximate surface area is 125 Å². The van der Waals surface area contributed by atoms with Crippen LogP contribution in [0.5, 0.6) is 0 Å². The Balaban J connectivity index is 4.10. The molecule has 0 aromatic heterocycles. The van der Waals surface area contributed by atoms with E-state index in [-0.39, 0.29) is 18.9 Å². The summed E-state index contributed by atoms with van der Waals surface area (Å²) < 4.78 is 0. The summed E-state index contributed by atoms with van der Waals surface area (Å²) in [4.78, 5) is 34.2. The Morgan fingerprint density at radius 2 is 1.67 bits per heavy atom. The largest absolute Gasteiger partial charge is 0.480 e. The molecule has 0 aromatic rings. The molecule has 0 fully saturated rings. The maximum atomic E-state index is 11.6. The quantitative estimate of drug-likeness (QED) is 0.561. The summed E-state index contributed by atoms with van der Waals surface area (Å²) >= 11 is 0. The van der Waals surface area contributed by atoms with Crippen molar-refractivity contribution in [2.24, 2.45) is 11.3 Å². The van der Waals surface area contributed by atoms with Gasteiger partial charge in [0.15, 0.2) is 0 Å².